The summed E-state index contributed by atoms with van der Waals surface area (Å²) in [4.78, 5) is 24.8. The van der Waals surface area contributed by atoms with E-state index in [4.69, 9.17) is 9.47 Å². The van der Waals surface area contributed by atoms with E-state index in [-0.39, 0.29) is 5.91 Å². The first-order chi connectivity index (χ1) is 14.2. The van der Waals surface area contributed by atoms with Crippen LogP contribution in [0.25, 0.3) is 0 Å². The molecule has 0 aliphatic heterocycles. The molecule has 3 aromatic rings. The number of nitrogens with one attached hydrogen (secondary N) is 2. The summed E-state index contributed by atoms with van der Waals surface area (Å²) in [7, 11) is 3.19. The fraction of sp³-hybridized carbons (Fsp3) is 0.238. The Morgan fingerprint density at radius 2 is 1.76 bits per heavy atom. The zero-order valence-corrected chi connectivity index (χ0v) is 16.4. The third-order valence-electron chi connectivity index (χ3n) is 4.24. The van der Waals surface area contributed by atoms with E-state index in [0.717, 1.165) is 11.1 Å². The number of carbonyl (C=O) groups excluding carboxylic acids is 1. The van der Waals surface area contributed by atoms with Gasteiger partial charge in [0.2, 0.25) is 5.95 Å². The minimum atomic E-state index is -0.250. The van der Waals surface area contributed by atoms with Crippen LogP contribution in [0.15, 0.2) is 55.0 Å². The molecule has 2 N–H and O–H groups in total. The number of amides is 1. The average Bonchev–Trinajstić information content (AvgIpc) is 2.78. The van der Waals surface area contributed by atoms with Crippen molar-refractivity contribution in [2.45, 2.75) is 13.0 Å². The van der Waals surface area contributed by atoms with Gasteiger partial charge in [-0.1, -0.05) is 6.07 Å². The monoisotopic (exact) mass is 393 g/mol. The van der Waals surface area contributed by atoms with Crippen LogP contribution in [0.3, 0.4) is 0 Å². The molecule has 0 bridgehead atoms. The van der Waals surface area contributed by atoms with Crippen LogP contribution in [0.1, 0.15) is 21.6 Å². The first kappa shape index (κ1) is 20.1. The molecule has 3 rings (SSSR count). The molecule has 8 heteroatoms. The summed E-state index contributed by atoms with van der Waals surface area (Å²) in [5.41, 5.74) is 2.39. The second-order valence-corrected chi connectivity index (χ2v) is 6.17. The molecule has 8 nitrogen and oxygen atoms in total. The maximum absolute atomic E-state index is 12.4. The Hall–Kier alpha value is -3.68. The number of rotatable bonds is 9. The zero-order chi connectivity index (χ0) is 20.5. The summed E-state index contributed by atoms with van der Waals surface area (Å²) < 4.78 is 10.5. The van der Waals surface area contributed by atoms with Gasteiger partial charge < -0.3 is 20.1 Å². The SMILES string of the molecule is COc1ccc(CCNC(=O)c2ccnc(NCc3ccncc3)n2)cc1OC. The van der Waals surface area contributed by atoms with Gasteiger partial charge >= 0.3 is 0 Å². The summed E-state index contributed by atoms with van der Waals surface area (Å²) >= 11 is 0. The van der Waals surface area contributed by atoms with Crippen molar-refractivity contribution >= 4 is 11.9 Å². The Balaban J connectivity index is 1.53. The molecular formula is C21H23N5O3. The largest absolute Gasteiger partial charge is 0.493 e. The number of methoxy groups -OCH3 is 2. The van der Waals surface area contributed by atoms with Crippen LogP contribution in [-0.2, 0) is 13.0 Å². The van der Waals surface area contributed by atoms with Crippen molar-refractivity contribution in [3.63, 3.8) is 0 Å². The van der Waals surface area contributed by atoms with Gasteiger partial charge in [-0.05, 0) is 47.9 Å². The number of benzene rings is 1. The Bertz CT molecular complexity index is 950. The van der Waals surface area contributed by atoms with Crippen LogP contribution in [0.2, 0.25) is 0 Å². The fourth-order valence-corrected chi connectivity index (χ4v) is 2.70. The van der Waals surface area contributed by atoms with Crippen molar-refractivity contribution in [3.8, 4) is 11.5 Å². The fourth-order valence-electron chi connectivity index (χ4n) is 2.70. The smallest absolute Gasteiger partial charge is 0.270 e. The van der Waals surface area contributed by atoms with Gasteiger partial charge in [-0.3, -0.25) is 9.78 Å². The number of ether oxygens (including phenoxy) is 2. The van der Waals surface area contributed by atoms with Crippen LogP contribution in [0.5, 0.6) is 11.5 Å². The molecule has 0 saturated carbocycles. The van der Waals surface area contributed by atoms with Gasteiger partial charge in [0.05, 0.1) is 14.2 Å². The number of anilines is 1. The molecule has 2 heterocycles. The molecule has 0 saturated heterocycles. The van der Waals surface area contributed by atoms with Crippen LogP contribution >= 0.6 is 0 Å². The minimum absolute atomic E-state index is 0.250. The molecule has 0 aliphatic rings. The highest BCUT2D eigenvalue weighted by atomic mass is 16.5. The highest BCUT2D eigenvalue weighted by Crippen LogP contribution is 2.27. The first-order valence-electron chi connectivity index (χ1n) is 9.14. The van der Waals surface area contributed by atoms with Gasteiger partial charge in [-0.25, -0.2) is 9.97 Å². The Morgan fingerprint density at radius 1 is 0.966 bits per heavy atom. The number of nitrogens with zero attached hydrogens (tertiary/aromatic N) is 3. The van der Waals surface area contributed by atoms with Crippen molar-refractivity contribution in [2.24, 2.45) is 0 Å². The number of pyridine rings is 1. The molecule has 0 fully saturated rings. The minimum Gasteiger partial charge on any atom is -0.493 e. The van der Waals surface area contributed by atoms with Crippen molar-refractivity contribution in [2.75, 3.05) is 26.1 Å². The third-order valence-corrected chi connectivity index (χ3v) is 4.24. The molecule has 1 amide bonds. The lowest BCUT2D eigenvalue weighted by Crippen LogP contribution is -2.26. The van der Waals surface area contributed by atoms with E-state index in [2.05, 4.69) is 25.6 Å². The molecule has 150 valence electrons. The number of hydrogen-bond donors (Lipinski definition) is 2. The van der Waals surface area contributed by atoms with Gasteiger partial charge in [0, 0.05) is 31.7 Å². The van der Waals surface area contributed by atoms with Gasteiger partial charge in [0.25, 0.3) is 5.91 Å². The molecular weight excluding hydrogens is 370 g/mol. The lowest BCUT2D eigenvalue weighted by molar-refractivity contribution is 0.0949. The van der Waals surface area contributed by atoms with E-state index >= 15 is 0 Å². The van der Waals surface area contributed by atoms with E-state index in [0.29, 0.717) is 42.7 Å². The molecule has 2 aromatic heterocycles. The molecule has 29 heavy (non-hydrogen) atoms. The predicted octanol–water partition coefficient (Wildman–Crippen LogP) is 2.47. The molecule has 1 aromatic carbocycles. The standard InChI is InChI=1S/C21H23N5O3/c1-28-18-4-3-15(13-19(18)29-2)7-11-23-20(27)17-8-12-24-21(26-17)25-14-16-5-9-22-10-6-16/h3-6,8-10,12-13H,7,11,14H2,1-2H3,(H,23,27)(H,24,25,26). The van der Waals surface area contributed by atoms with E-state index < -0.39 is 0 Å². The van der Waals surface area contributed by atoms with E-state index in [1.165, 1.54) is 0 Å². The summed E-state index contributed by atoms with van der Waals surface area (Å²) in [6, 6.07) is 11.1. The lowest BCUT2D eigenvalue weighted by Gasteiger charge is -2.10. The summed E-state index contributed by atoms with van der Waals surface area (Å²) in [6.07, 6.45) is 5.66. The molecule has 0 spiro atoms. The van der Waals surface area contributed by atoms with E-state index in [1.807, 2.05) is 30.3 Å². The Kier molecular flexibility index (Phi) is 6.94. The average molecular weight is 393 g/mol. The van der Waals surface area contributed by atoms with Crippen LogP contribution in [0.4, 0.5) is 5.95 Å². The van der Waals surface area contributed by atoms with Gasteiger partial charge in [-0.15, -0.1) is 0 Å². The van der Waals surface area contributed by atoms with Crippen molar-refractivity contribution in [3.05, 3.63) is 71.8 Å². The van der Waals surface area contributed by atoms with Crippen LogP contribution in [0, 0.1) is 0 Å². The van der Waals surface area contributed by atoms with E-state index in [1.54, 1.807) is 38.9 Å². The van der Waals surface area contributed by atoms with Gasteiger partial charge in [0.1, 0.15) is 5.69 Å². The lowest BCUT2D eigenvalue weighted by atomic mass is 10.1. The maximum Gasteiger partial charge on any atom is 0.270 e. The quantitative estimate of drug-likeness (QED) is 0.576. The summed E-state index contributed by atoms with van der Waals surface area (Å²) in [6.45, 7) is 1.02. The zero-order valence-electron chi connectivity index (χ0n) is 16.4. The molecule has 0 unspecified atom stereocenters. The number of hydrogen-bond acceptors (Lipinski definition) is 7. The van der Waals surface area contributed by atoms with Crippen molar-refractivity contribution < 1.29 is 14.3 Å². The summed E-state index contributed by atoms with van der Waals surface area (Å²) in [5.74, 6) is 1.49. The third kappa shape index (κ3) is 5.65. The predicted molar refractivity (Wildman–Crippen MR) is 109 cm³/mol. The number of carbonyl (C=O) groups is 1. The number of aromatic nitrogens is 3. The topological polar surface area (TPSA) is 98.3 Å². The van der Waals surface area contributed by atoms with Crippen molar-refractivity contribution in [1.82, 2.24) is 20.3 Å². The second-order valence-electron chi connectivity index (χ2n) is 6.17. The highest BCUT2D eigenvalue weighted by Gasteiger charge is 2.09. The van der Waals surface area contributed by atoms with Crippen LogP contribution < -0.4 is 20.1 Å². The second kappa shape index (κ2) is 10.0. The molecule has 0 radical (unpaired) electrons. The van der Waals surface area contributed by atoms with Crippen LogP contribution in [-0.4, -0.2) is 41.6 Å². The maximum atomic E-state index is 12.4. The van der Waals surface area contributed by atoms with Gasteiger partial charge in [-0.2, -0.15) is 0 Å². The molecule has 0 atom stereocenters. The normalized spacial score (nSPS) is 10.3. The van der Waals surface area contributed by atoms with E-state index in [9.17, 15) is 4.79 Å². The van der Waals surface area contributed by atoms with Crippen molar-refractivity contribution in [1.29, 1.82) is 0 Å². The summed E-state index contributed by atoms with van der Waals surface area (Å²) in [5, 5.41) is 5.98. The molecule has 0 aliphatic carbocycles. The van der Waals surface area contributed by atoms with Gasteiger partial charge in [0.15, 0.2) is 11.5 Å². The first-order valence-corrected chi connectivity index (χ1v) is 9.14. The Labute approximate surface area is 169 Å². The highest BCUT2D eigenvalue weighted by molar-refractivity contribution is 5.92. The Morgan fingerprint density at radius 3 is 2.52 bits per heavy atom.